The number of piperidine rings is 1. The van der Waals surface area contributed by atoms with Gasteiger partial charge in [-0.25, -0.2) is 0 Å². The van der Waals surface area contributed by atoms with Crippen LogP contribution < -0.4 is 5.32 Å². The van der Waals surface area contributed by atoms with E-state index in [2.05, 4.69) is 16.9 Å². The van der Waals surface area contributed by atoms with Crippen LogP contribution in [-0.4, -0.2) is 28.4 Å². The second kappa shape index (κ2) is 10.2. The molecule has 6 nitrogen and oxygen atoms in total. The van der Waals surface area contributed by atoms with Crippen LogP contribution in [0.15, 0.2) is 25.0 Å². The molecule has 1 N–H and O–H groups in total. The quantitative estimate of drug-likeness (QED) is 0.510. The number of aromatic nitrogens is 1. The van der Waals surface area contributed by atoms with Gasteiger partial charge in [-0.1, -0.05) is 26.0 Å². The normalized spacial score (nSPS) is 16.0. The molecule has 6 heteroatoms. The lowest BCUT2D eigenvalue weighted by molar-refractivity contribution is -0.142. The summed E-state index contributed by atoms with van der Waals surface area (Å²) in [5.41, 5.74) is 2.42. The van der Waals surface area contributed by atoms with E-state index in [-0.39, 0.29) is 18.0 Å². The summed E-state index contributed by atoms with van der Waals surface area (Å²) in [4.78, 5) is 46.8. The van der Waals surface area contributed by atoms with Gasteiger partial charge in [-0.05, 0) is 32.4 Å². The maximum atomic E-state index is 11.1. The van der Waals surface area contributed by atoms with Gasteiger partial charge in [0.1, 0.15) is 0 Å². The molecule has 1 saturated heterocycles. The van der Waals surface area contributed by atoms with Gasteiger partial charge in [0.25, 0.3) is 0 Å². The minimum Gasteiger partial charge on any atom is -0.298 e. The summed E-state index contributed by atoms with van der Waals surface area (Å²) in [6.45, 7) is 12.7. The summed E-state index contributed by atoms with van der Waals surface area (Å²) >= 11 is 0. The first kappa shape index (κ1) is 21.4. The summed E-state index contributed by atoms with van der Waals surface area (Å²) < 4.78 is 0. The Morgan fingerprint density at radius 1 is 1.21 bits per heavy atom. The Balaban J connectivity index is 0.000000405. The van der Waals surface area contributed by atoms with E-state index in [9.17, 15) is 19.2 Å². The number of rotatable bonds is 2. The predicted octanol–water partition coefficient (Wildman–Crippen LogP) is 2.58. The van der Waals surface area contributed by atoms with Crippen LogP contribution in [0.2, 0.25) is 0 Å². The van der Waals surface area contributed by atoms with Crippen LogP contribution in [0.3, 0.4) is 0 Å². The topological polar surface area (TPSA) is 93.2 Å². The van der Waals surface area contributed by atoms with Gasteiger partial charge >= 0.3 is 0 Å². The SMILES string of the molecule is C=C(C)c1ccncc1C(C)=O.CC.CC1C(=O)CC(=O)NC1=O. The Labute approximate surface area is 142 Å². The Morgan fingerprint density at radius 2 is 1.79 bits per heavy atom. The van der Waals surface area contributed by atoms with E-state index in [1.54, 1.807) is 18.5 Å². The van der Waals surface area contributed by atoms with Crippen molar-refractivity contribution in [2.45, 2.75) is 41.0 Å². The monoisotopic (exact) mass is 332 g/mol. The van der Waals surface area contributed by atoms with Crippen molar-refractivity contribution in [3.63, 3.8) is 0 Å². The van der Waals surface area contributed by atoms with Gasteiger partial charge in [-0.3, -0.25) is 29.5 Å². The average molecular weight is 332 g/mol. The Bertz CT molecular complexity index is 597. The molecular weight excluding hydrogens is 308 g/mol. The van der Waals surface area contributed by atoms with Crippen LogP contribution in [0.4, 0.5) is 0 Å². The van der Waals surface area contributed by atoms with Crippen LogP contribution in [0, 0.1) is 5.92 Å². The first-order chi connectivity index (χ1) is 11.2. The number of imide groups is 1. The third kappa shape index (κ3) is 6.24. The molecule has 2 amide bonds. The number of amides is 2. The zero-order valence-corrected chi connectivity index (χ0v) is 14.8. The Hall–Kier alpha value is -2.63. The molecule has 0 saturated carbocycles. The van der Waals surface area contributed by atoms with Gasteiger partial charge in [-0.2, -0.15) is 0 Å². The fourth-order valence-electron chi connectivity index (χ4n) is 1.79. The van der Waals surface area contributed by atoms with E-state index in [0.717, 1.165) is 11.1 Å². The zero-order chi connectivity index (χ0) is 18.9. The molecular formula is C18H24N2O4. The molecule has 1 fully saturated rings. The molecule has 2 heterocycles. The molecule has 1 unspecified atom stereocenters. The van der Waals surface area contributed by atoms with Crippen molar-refractivity contribution < 1.29 is 19.2 Å². The second-order valence-corrected chi connectivity index (χ2v) is 5.03. The molecule has 0 bridgehead atoms. The van der Waals surface area contributed by atoms with Gasteiger partial charge in [0.15, 0.2) is 11.6 Å². The van der Waals surface area contributed by atoms with E-state index in [1.807, 2.05) is 20.8 Å². The molecule has 1 aliphatic heterocycles. The maximum Gasteiger partial charge on any atom is 0.236 e. The lowest BCUT2D eigenvalue weighted by Gasteiger charge is -2.14. The van der Waals surface area contributed by atoms with Crippen molar-refractivity contribution >= 4 is 29.0 Å². The van der Waals surface area contributed by atoms with Gasteiger partial charge in [0.2, 0.25) is 11.8 Å². The van der Waals surface area contributed by atoms with E-state index in [1.165, 1.54) is 13.8 Å². The molecule has 0 radical (unpaired) electrons. The number of ketones is 2. The summed E-state index contributed by atoms with van der Waals surface area (Å²) in [6.07, 6.45) is 3.08. The molecule has 1 aromatic rings. The summed E-state index contributed by atoms with van der Waals surface area (Å²) in [5, 5.41) is 2.06. The number of allylic oxidation sites excluding steroid dienone is 1. The fraction of sp³-hybridized carbons (Fsp3) is 0.389. The van der Waals surface area contributed by atoms with E-state index in [0.29, 0.717) is 5.56 Å². The largest absolute Gasteiger partial charge is 0.298 e. The highest BCUT2D eigenvalue weighted by molar-refractivity contribution is 6.18. The van der Waals surface area contributed by atoms with E-state index < -0.39 is 17.7 Å². The third-order valence-corrected chi connectivity index (χ3v) is 3.13. The predicted molar refractivity (Wildman–Crippen MR) is 92.2 cm³/mol. The highest BCUT2D eigenvalue weighted by atomic mass is 16.2. The van der Waals surface area contributed by atoms with Crippen LogP contribution in [0.25, 0.3) is 5.57 Å². The van der Waals surface area contributed by atoms with Gasteiger partial charge in [-0.15, -0.1) is 0 Å². The zero-order valence-electron chi connectivity index (χ0n) is 14.8. The van der Waals surface area contributed by atoms with Crippen molar-refractivity contribution in [1.82, 2.24) is 10.3 Å². The minimum absolute atomic E-state index is 0.0288. The molecule has 2 rings (SSSR count). The van der Waals surface area contributed by atoms with Crippen LogP contribution in [0.5, 0.6) is 0 Å². The van der Waals surface area contributed by atoms with Crippen molar-refractivity contribution in [2.24, 2.45) is 5.92 Å². The van der Waals surface area contributed by atoms with Gasteiger partial charge < -0.3 is 0 Å². The van der Waals surface area contributed by atoms with Crippen LogP contribution in [0.1, 0.15) is 57.0 Å². The minimum atomic E-state index is -0.655. The molecule has 1 aromatic heterocycles. The number of carbonyl (C=O) groups excluding carboxylic acids is 4. The molecule has 24 heavy (non-hydrogen) atoms. The number of pyridine rings is 1. The lowest BCUT2D eigenvalue weighted by Crippen LogP contribution is -2.44. The summed E-state index contributed by atoms with van der Waals surface area (Å²) in [5.74, 6) is -1.90. The fourth-order valence-corrected chi connectivity index (χ4v) is 1.79. The van der Waals surface area contributed by atoms with E-state index in [4.69, 9.17) is 0 Å². The molecule has 1 aliphatic rings. The van der Waals surface area contributed by atoms with Gasteiger partial charge in [0.05, 0.1) is 12.3 Å². The smallest absolute Gasteiger partial charge is 0.236 e. The second-order valence-electron chi connectivity index (χ2n) is 5.03. The average Bonchev–Trinajstić information content (AvgIpc) is 2.55. The summed E-state index contributed by atoms with van der Waals surface area (Å²) in [6, 6.07) is 1.80. The van der Waals surface area contributed by atoms with Gasteiger partial charge in [0, 0.05) is 18.0 Å². The van der Waals surface area contributed by atoms with Crippen molar-refractivity contribution in [3.8, 4) is 0 Å². The summed E-state index contributed by atoms with van der Waals surface area (Å²) in [7, 11) is 0. The van der Waals surface area contributed by atoms with E-state index >= 15 is 0 Å². The number of nitrogens with zero attached hydrogens (tertiary/aromatic N) is 1. The maximum absolute atomic E-state index is 11.1. The third-order valence-electron chi connectivity index (χ3n) is 3.13. The number of Topliss-reactive ketones (excluding diaryl/α,β-unsaturated/α-hetero) is 2. The first-order valence-corrected chi connectivity index (χ1v) is 7.71. The molecule has 1 atom stereocenters. The van der Waals surface area contributed by atoms with Crippen LogP contribution in [-0.2, 0) is 14.4 Å². The van der Waals surface area contributed by atoms with Crippen molar-refractivity contribution in [3.05, 3.63) is 36.2 Å². The molecule has 0 spiro atoms. The van der Waals surface area contributed by atoms with Crippen molar-refractivity contribution in [1.29, 1.82) is 0 Å². The molecule has 0 aliphatic carbocycles. The first-order valence-electron chi connectivity index (χ1n) is 7.71. The number of hydrogen-bond acceptors (Lipinski definition) is 5. The van der Waals surface area contributed by atoms with Crippen molar-refractivity contribution in [2.75, 3.05) is 0 Å². The number of nitrogens with one attached hydrogen (secondary N) is 1. The van der Waals surface area contributed by atoms with Crippen LogP contribution >= 0.6 is 0 Å². The highest BCUT2D eigenvalue weighted by Gasteiger charge is 2.29. The molecule has 0 aromatic carbocycles. The Morgan fingerprint density at radius 3 is 2.21 bits per heavy atom. The molecule has 130 valence electrons. The Kier molecular flexibility index (Phi) is 9.08. The number of hydrogen-bond donors (Lipinski definition) is 1. The highest BCUT2D eigenvalue weighted by Crippen LogP contribution is 2.15. The standard InChI is InChI=1S/C10H11NO.C6H7NO3.C2H6/c1-7(2)9-4-5-11-6-10(9)8(3)12;1-3-4(8)2-5(9)7-6(3)10;1-2/h4-6H,1H2,2-3H3;3H,2H2,1H3,(H,7,9,10);1-2H3. The lowest BCUT2D eigenvalue weighted by atomic mass is 9.99. The number of carbonyl (C=O) groups is 4.